The highest BCUT2D eigenvalue weighted by Gasteiger charge is 2.20. The van der Waals surface area contributed by atoms with Crippen molar-refractivity contribution in [2.75, 3.05) is 18.1 Å². The highest BCUT2D eigenvalue weighted by Crippen LogP contribution is 2.29. The van der Waals surface area contributed by atoms with E-state index in [1.165, 1.54) is 0 Å². The first-order valence-electron chi connectivity index (χ1n) is 6.55. The van der Waals surface area contributed by atoms with E-state index >= 15 is 0 Å². The molecule has 2 heterocycles. The molecule has 0 saturated carbocycles. The number of nitrogens with zero attached hydrogens (tertiary/aromatic N) is 1. The van der Waals surface area contributed by atoms with Gasteiger partial charge in [0.25, 0.3) is 0 Å². The maximum Gasteiger partial charge on any atom is 0.168 e. The molecular weight excluding hydrogens is 290 g/mol. The van der Waals surface area contributed by atoms with Crippen molar-refractivity contribution >= 4 is 28.9 Å². The Balaban J connectivity index is 1.66. The third kappa shape index (κ3) is 3.29. The number of hydrogen-bond acceptors (Lipinski definition) is 5. The number of carbonyl (C=O) groups is 1. The summed E-state index contributed by atoms with van der Waals surface area (Å²) in [6, 6.07) is 9.36. The lowest BCUT2D eigenvalue weighted by atomic mass is 10.1. The molecule has 3 rings (SSSR count). The van der Waals surface area contributed by atoms with E-state index in [0.29, 0.717) is 6.42 Å². The van der Waals surface area contributed by atoms with Gasteiger partial charge in [-0.2, -0.15) is 11.8 Å². The molecular formula is C15H15NO2S2. The lowest BCUT2D eigenvalue weighted by molar-refractivity contribution is 0.0753. The van der Waals surface area contributed by atoms with Crippen LogP contribution < -0.4 is 0 Å². The van der Waals surface area contributed by atoms with Crippen LogP contribution in [0.4, 0.5) is 0 Å². The van der Waals surface area contributed by atoms with Crippen LogP contribution in [-0.2, 0) is 11.2 Å². The van der Waals surface area contributed by atoms with Crippen LogP contribution in [0, 0.1) is 0 Å². The van der Waals surface area contributed by atoms with E-state index < -0.39 is 0 Å². The van der Waals surface area contributed by atoms with Gasteiger partial charge in [0.2, 0.25) is 0 Å². The van der Waals surface area contributed by atoms with Gasteiger partial charge in [-0.1, -0.05) is 30.3 Å². The van der Waals surface area contributed by atoms with Crippen LogP contribution in [0.2, 0.25) is 0 Å². The summed E-state index contributed by atoms with van der Waals surface area (Å²) in [5, 5.41) is 2.96. The SMILES string of the molecule is O=C(Cc1csc(C2CSCCO2)n1)c1ccccc1. The van der Waals surface area contributed by atoms with Gasteiger partial charge in [0.15, 0.2) is 5.78 Å². The van der Waals surface area contributed by atoms with Crippen molar-refractivity contribution in [3.8, 4) is 0 Å². The van der Waals surface area contributed by atoms with Gasteiger partial charge in [-0.25, -0.2) is 4.98 Å². The average molecular weight is 305 g/mol. The van der Waals surface area contributed by atoms with Crippen LogP contribution in [-0.4, -0.2) is 28.9 Å². The third-order valence-electron chi connectivity index (χ3n) is 3.10. The Morgan fingerprint density at radius 3 is 2.95 bits per heavy atom. The van der Waals surface area contributed by atoms with Crippen LogP contribution in [0.5, 0.6) is 0 Å². The maximum atomic E-state index is 12.1. The second-order valence-corrected chi connectivity index (χ2v) is 6.62. The summed E-state index contributed by atoms with van der Waals surface area (Å²) in [5.74, 6) is 2.13. The summed E-state index contributed by atoms with van der Waals surface area (Å²) >= 11 is 3.48. The summed E-state index contributed by atoms with van der Waals surface area (Å²) in [7, 11) is 0. The molecule has 5 heteroatoms. The molecule has 0 amide bonds. The highest BCUT2D eigenvalue weighted by molar-refractivity contribution is 7.99. The number of Topliss-reactive ketones (excluding diaryl/α,β-unsaturated/α-hetero) is 1. The number of carbonyl (C=O) groups excluding carboxylic acids is 1. The van der Waals surface area contributed by atoms with E-state index in [1.807, 2.05) is 47.5 Å². The Morgan fingerprint density at radius 1 is 1.35 bits per heavy atom. The maximum absolute atomic E-state index is 12.1. The van der Waals surface area contributed by atoms with Gasteiger partial charge in [-0.3, -0.25) is 4.79 Å². The Bertz CT molecular complexity index is 577. The predicted octanol–water partition coefficient (Wildman–Crippen LogP) is 3.37. The molecule has 1 unspecified atom stereocenters. The van der Waals surface area contributed by atoms with Crippen molar-refractivity contribution in [3.05, 3.63) is 52.0 Å². The molecule has 1 aliphatic rings. The monoisotopic (exact) mass is 305 g/mol. The standard InChI is InChI=1S/C15H15NO2S2/c17-13(11-4-2-1-3-5-11)8-12-9-20-15(16-12)14-10-19-7-6-18-14/h1-5,9,14H,6-8,10H2. The fraction of sp³-hybridized carbons (Fsp3) is 0.333. The van der Waals surface area contributed by atoms with E-state index in [9.17, 15) is 4.79 Å². The Morgan fingerprint density at radius 2 is 2.20 bits per heavy atom. The number of hydrogen-bond donors (Lipinski definition) is 0. The molecule has 0 radical (unpaired) electrons. The normalized spacial score (nSPS) is 18.9. The molecule has 1 aromatic heterocycles. The van der Waals surface area contributed by atoms with E-state index in [1.54, 1.807) is 11.3 Å². The average Bonchev–Trinajstić information content (AvgIpc) is 2.97. The lowest BCUT2D eigenvalue weighted by Gasteiger charge is -2.19. The fourth-order valence-corrected chi connectivity index (χ4v) is 3.89. The molecule has 1 aromatic carbocycles. The second kappa shape index (κ2) is 6.52. The summed E-state index contributed by atoms with van der Waals surface area (Å²) in [6.07, 6.45) is 0.458. The Hall–Kier alpha value is -1.17. The minimum absolute atomic E-state index is 0.0966. The van der Waals surface area contributed by atoms with Crippen LogP contribution >= 0.6 is 23.1 Å². The first kappa shape index (κ1) is 13.8. The molecule has 2 aromatic rings. The van der Waals surface area contributed by atoms with E-state index in [4.69, 9.17) is 4.74 Å². The largest absolute Gasteiger partial charge is 0.369 e. The number of aromatic nitrogens is 1. The van der Waals surface area contributed by atoms with Gasteiger partial charge in [0, 0.05) is 22.4 Å². The predicted molar refractivity (Wildman–Crippen MR) is 82.6 cm³/mol. The minimum Gasteiger partial charge on any atom is -0.369 e. The molecule has 1 aliphatic heterocycles. The van der Waals surface area contributed by atoms with Gasteiger partial charge in [-0.15, -0.1) is 11.3 Å². The van der Waals surface area contributed by atoms with Crippen LogP contribution in [0.15, 0.2) is 35.7 Å². The summed E-state index contributed by atoms with van der Waals surface area (Å²) in [6.45, 7) is 0.785. The zero-order valence-corrected chi connectivity index (χ0v) is 12.6. The van der Waals surface area contributed by atoms with Gasteiger partial charge in [-0.05, 0) is 0 Å². The van der Waals surface area contributed by atoms with Gasteiger partial charge in [0.05, 0.1) is 18.7 Å². The molecule has 0 spiro atoms. The van der Waals surface area contributed by atoms with Gasteiger partial charge < -0.3 is 4.74 Å². The van der Waals surface area contributed by atoms with Gasteiger partial charge in [0.1, 0.15) is 11.1 Å². The van der Waals surface area contributed by atoms with Crippen molar-refractivity contribution in [1.82, 2.24) is 4.98 Å². The Kier molecular flexibility index (Phi) is 4.50. The minimum atomic E-state index is 0.0966. The van der Waals surface area contributed by atoms with Crippen LogP contribution in [0.1, 0.15) is 27.2 Å². The number of benzene rings is 1. The second-order valence-electron chi connectivity index (χ2n) is 4.58. The van der Waals surface area contributed by atoms with Gasteiger partial charge >= 0.3 is 0 Å². The molecule has 104 valence electrons. The number of ketones is 1. The summed E-state index contributed by atoms with van der Waals surface area (Å²) in [5.41, 5.74) is 1.59. The number of thiazole rings is 1. The smallest absolute Gasteiger partial charge is 0.168 e. The highest BCUT2D eigenvalue weighted by atomic mass is 32.2. The van der Waals surface area contributed by atoms with E-state index in [2.05, 4.69) is 4.98 Å². The van der Waals surface area contributed by atoms with Crippen molar-refractivity contribution in [2.45, 2.75) is 12.5 Å². The zero-order chi connectivity index (χ0) is 13.8. The van der Waals surface area contributed by atoms with Crippen LogP contribution in [0.3, 0.4) is 0 Å². The van der Waals surface area contributed by atoms with Crippen molar-refractivity contribution < 1.29 is 9.53 Å². The molecule has 0 aliphatic carbocycles. The number of rotatable bonds is 4. The molecule has 1 saturated heterocycles. The van der Waals surface area contributed by atoms with E-state index in [-0.39, 0.29) is 11.9 Å². The summed E-state index contributed by atoms with van der Waals surface area (Å²) in [4.78, 5) is 16.7. The fourth-order valence-electron chi connectivity index (χ4n) is 2.07. The third-order valence-corrected chi connectivity index (χ3v) is 5.08. The molecule has 1 atom stereocenters. The van der Waals surface area contributed by atoms with E-state index in [0.717, 1.165) is 34.4 Å². The quantitative estimate of drug-likeness (QED) is 0.812. The lowest BCUT2D eigenvalue weighted by Crippen LogP contribution is -2.15. The van der Waals surface area contributed by atoms with Crippen molar-refractivity contribution in [3.63, 3.8) is 0 Å². The number of ether oxygens (including phenoxy) is 1. The summed E-state index contributed by atoms with van der Waals surface area (Å²) < 4.78 is 5.71. The first-order chi connectivity index (χ1) is 9.83. The molecule has 20 heavy (non-hydrogen) atoms. The number of thioether (sulfide) groups is 1. The first-order valence-corrected chi connectivity index (χ1v) is 8.58. The molecule has 1 fully saturated rings. The molecule has 3 nitrogen and oxygen atoms in total. The Labute approximate surface area is 126 Å². The molecule has 0 bridgehead atoms. The zero-order valence-electron chi connectivity index (χ0n) is 11.0. The van der Waals surface area contributed by atoms with Crippen LogP contribution in [0.25, 0.3) is 0 Å². The van der Waals surface area contributed by atoms with Crippen molar-refractivity contribution in [2.24, 2.45) is 0 Å². The van der Waals surface area contributed by atoms with Crippen molar-refractivity contribution in [1.29, 1.82) is 0 Å². The molecule has 0 N–H and O–H groups in total. The topological polar surface area (TPSA) is 39.2 Å².